The van der Waals surface area contributed by atoms with Gasteiger partial charge in [0.05, 0.1) is 27.3 Å². The topological polar surface area (TPSA) is 114 Å². The molecule has 0 heterocycles. The molecule has 0 aromatic heterocycles. The number of nitriles is 1. The Balaban J connectivity index is 1.83. The van der Waals surface area contributed by atoms with E-state index in [9.17, 15) is 20.2 Å². The fraction of sp³-hybridized carbons (Fsp3) is 0.120. The standard InChI is InChI=1S/C25H18Cl3N3O5/c1-2-35-23-10-15(7-8-22(23)36-14-16-5-3-4-6-19(16)26)9-17(13-29)25(32)30-24-20(27)11-18(31(33)34)12-21(24)28/h3-12H,2,14H2,1H3,(H,30,32)/b17-9+. The molecule has 0 radical (unpaired) electrons. The van der Waals surface area contributed by atoms with E-state index in [1.54, 1.807) is 24.3 Å². The minimum Gasteiger partial charge on any atom is -0.490 e. The van der Waals surface area contributed by atoms with Crippen LogP contribution in [0, 0.1) is 21.4 Å². The van der Waals surface area contributed by atoms with Gasteiger partial charge in [-0.1, -0.05) is 59.1 Å². The van der Waals surface area contributed by atoms with E-state index in [2.05, 4.69) is 5.32 Å². The predicted octanol–water partition coefficient (Wildman–Crippen LogP) is 7.08. The lowest BCUT2D eigenvalue weighted by molar-refractivity contribution is -0.384. The first-order valence-corrected chi connectivity index (χ1v) is 11.6. The van der Waals surface area contributed by atoms with Gasteiger partial charge in [-0.2, -0.15) is 5.26 Å². The van der Waals surface area contributed by atoms with Crippen LogP contribution >= 0.6 is 34.8 Å². The summed E-state index contributed by atoms with van der Waals surface area (Å²) in [6.07, 6.45) is 1.35. The summed E-state index contributed by atoms with van der Waals surface area (Å²) in [6.45, 7) is 2.39. The maximum absolute atomic E-state index is 12.7. The number of rotatable bonds is 9. The Morgan fingerprint density at radius 3 is 2.36 bits per heavy atom. The number of nitro groups is 1. The van der Waals surface area contributed by atoms with Crippen LogP contribution in [0.5, 0.6) is 11.5 Å². The van der Waals surface area contributed by atoms with Crippen LogP contribution in [0.3, 0.4) is 0 Å². The van der Waals surface area contributed by atoms with E-state index < -0.39 is 10.8 Å². The molecule has 0 saturated carbocycles. The summed E-state index contributed by atoms with van der Waals surface area (Å²) in [6, 6.07) is 16.2. The number of nitrogens with one attached hydrogen (secondary N) is 1. The second kappa shape index (κ2) is 12.3. The Bertz CT molecular complexity index is 1360. The quantitative estimate of drug-likeness (QED) is 0.133. The van der Waals surface area contributed by atoms with E-state index in [1.807, 2.05) is 31.2 Å². The third kappa shape index (κ3) is 6.67. The third-order valence-electron chi connectivity index (χ3n) is 4.76. The van der Waals surface area contributed by atoms with Crippen molar-refractivity contribution >= 4 is 58.2 Å². The Morgan fingerprint density at radius 1 is 1.06 bits per heavy atom. The molecule has 0 bridgehead atoms. The van der Waals surface area contributed by atoms with Crippen LogP contribution in [-0.2, 0) is 11.4 Å². The van der Waals surface area contributed by atoms with Crippen molar-refractivity contribution in [2.75, 3.05) is 11.9 Å². The fourth-order valence-electron chi connectivity index (χ4n) is 3.05. The van der Waals surface area contributed by atoms with Crippen LogP contribution in [-0.4, -0.2) is 17.4 Å². The van der Waals surface area contributed by atoms with Gasteiger partial charge in [0, 0.05) is 22.7 Å². The molecule has 36 heavy (non-hydrogen) atoms. The lowest BCUT2D eigenvalue weighted by Crippen LogP contribution is -2.14. The molecular weight excluding hydrogens is 529 g/mol. The van der Waals surface area contributed by atoms with E-state index in [4.69, 9.17) is 44.3 Å². The molecule has 3 aromatic carbocycles. The van der Waals surface area contributed by atoms with Gasteiger partial charge in [-0.15, -0.1) is 0 Å². The normalized spacial score (nSPS) is 10.9. The number of anilines is 1. The number of hydrogen-bond acceptors (Lipinski definition) is 6. The number of nitro benzene ring substituents is 1. The summed E-state index contributed by atoms with van der Waals surface area (Å²) in [7, 11) is 0. The second-order valence-corrected chi connectivity index (χ2v) is 8.41. The number of hydrogen-bond donors (Lipinski definition) is 1. The summed E-state index contributed by atoms with van der Waals surface area (Å²) in [4.78, 5) is 23.0. The molecule has 184 valence electrons. The average molecular weight is 547 g/mol. The SMILES string of the molecule is CCOc1cc(/C=C(\C#N)C(=O)Nc2c(Cl)cc([N+](=O)[O-])cc2Cl)ccc1OCc1ccccc1Cl. The Hall–Kier alpha value is -3.77. The van der Waals surface area contributed by atoms with Crippen molar-refractivity contribution in [1.29, 1.82) is 5.26 Å². The second-order valence-electron chi connectivity index (χ2n) is 7.18. The lowest BCUT2D eigenvalue weighted by Gasteiger charge is -2.13. The van der Waals surface area contributed by atoms with Gasteiger partial charge in [-0.25, -0.2) is 0 Å². The van der Waals surface area contributed by atoms with E-state index in [-0.39, 0.29) is 33.6 Å². The molecule has 8 nitrogen and oxygen atoms in total. The van der Waals surface area contributed by atoms with Crippen molar-refractivity contribution < 1.29 is 19.2 Å². The predicted molar refractivity (Wildman–Crippen MR) is 139 cm³/mol. The molecule has 0 unspecified atom stereocenters. The highest BCUT2D eigenvalue weighted by Crippen LogP contribution is 2.35. The fourth-order valence-corrected chi connectivity index (χ4v) is 3.81. The summed E-state index contributed by atoms with van der Waals surface area (Å²) in [5.41, 5.74) is 0.661. The number of halogens is 3. The molecule has 11 heteroatoms. The number of carbonyl (C=O) groups excluding carboxylic acids is 1. The molecule has 3 rings (SSSR count). The smallest absolute Gasteiger partial charge is 0.272 e. The largest absolute Gasteiger partial charge is 0.490 e. The summed E-state index contributed by atoms with van der Waals surface area (Å²) in [5.74, 6) is 0.0749. The first kappa shape index (κ1) is 26.8. The van der Waals surface area contributed by atoms with Gasteiger partial charge in [0.2, 0.25) is 0 Å². The maximum Gasteiger partial charge on any atom is 0.272 e. The highest BCUT2D eigenvalue weighted by Gasteiger charge is 2.19. The molecule has 0 aliphatic carbocycles. The van der Waals surface area contributed by atoms with Gasteiger partial charge < -0.3 is 14.8 Å². The molecule has 0 aliphatic heterocycles. The van der Waals surface area contributed by atoms with Gasteiger partial charge >= 0.3 is 0 Å². The van der Waals surface area contributed by atoms with Gasteiger partial charge in [-0.05, 0) is 36.8 Å². The minimum atomic E-state index is -0.799. The lowest BCUT2D eigenvalue weighted by atomic mass is 10.1. The highest BCUT2D eigenvalue weighted by atomic mass is 35.5. The van der Waals surface area contributed by atoms with E-state index in [1.165, 1.54) is 6.08 Å². The Labute approximate surface area is 221 Å². The molecule has 0 fully saturated rings. The van der Waals surface area contributed by atoms with Crippen molar-refractivity contribution in [1.82, 2.24) is 0 Å². The molecule has 1 N–H and O–H groups in total. The number of ether oxygens (including phenoxy) is 2. The summed E-state index contributed by atoms with van der Waals surface area (Å²) < 4.78 is 11.5. The van der Waals surface area contributed by atoms with Gasteiger partial charge in [0.1, 0.15) is 18.2 Å². The van der Waals surface area contributed by atoms with Crippen molar-refractivity contribution in [3.05, 3.63) is 96.5 Å². The van der Waals surface area contributed by atoms with Gasteiger partial charge in [0.15, 0.2) is 11.5 Å². The van der Waals surface area contributed by atoms with E-state index >= 15 is 0 Å². The molecule has 3 aromatic rings. The van der Waals surface area contributed by atoms with Crippen molar-refractivity contribution in [3.63, 3.8) is 0 Å². The summed E-state index contributed by atoms with van der Waals surface area (Å²) in [5, 5.41) is 23.2. The van der Waals surface area contributed by atoms with Crippen molar-refractivity contribution in [2.45, 2.75) is 13.5 Å². The number of non-ortho nitro benzene ring substituents is 1. The average Bonchev–Trinajstić information content (AvgIpc) is 2.85. The van der Waals surface area contributed by atoms with E-state index in [0.29, 0.717) is 28.7 Å². The molecule has 0 atom stereocenters. The van der Waals surface area contributed by atoms with Gasteiger partial charge in [0.25, 0.3) is 11.6 Å². The van der Waals surface area contributed by atoms with Crippen LogP contribution in [0.1, 0.15) is 18.1 Å². The highest BCUT2D eigenvalue weighted by molar-refractivity contribution is 6.40. The number of nitrogens with zero attached hydrogens (tertiary/aromatic N) is 2. The van der Waals surface area contributed by atoms with Crippen molar-refractivity contribution in [3.8, 4) is 17.6 Å². The third-order valence-corrected chi connectivity index (χ3v) is 5.73. The number of amides is 1. The zero-order valence-electron chi connectivity index (χ0n) is 18.8. The Morgan fingerprint density at radius 2 is 1.75 bits per heavy atom. The molecule has 1 amide bonds. The number of carbonyl (C=O) groups is 1. The molecular formula is C25H18Cl3N3O5. The first-order chi connectivity index (χ1) is 17.2. The Kier molecular flexibility index (Phi) is 9.14. The zero-order valence-corrected chi connectivity index (χ0v) is 21.0. The van der Waals surface area contributed by atoms with Crippen LogP contribution in [0.2, 0.25) is 15.1 Å². The van der Waals surface area contributed by atoms with Crippen molar-refractivity contribution in [2.24, 2.45) is 0 Å². The van der Waals surface area contributed by atoms with Crippen LogP contribution in [0.4, 0.5) is 11.4 Å². The first-order valence-electron chi connectivity index (χ1n) is 10.4. The molecule has 0 spiro atoms. The molecule has 0 saturated heterocycles. The number of benzene rings is 3. The van der Waals surface area contributed by atoms with Crippen LogP contribution < -0.4 is 14.8 Å². The van der Waals surface area contributed by atoms with Gasteiger partial charge in [-0.3, -0.25) is 14.9 Å². The van der Waals surface area contributed by atoms with E-state index in [0.717, 1.165) is 17.7 Å². The monoisotopic (exact) mass is 545 g/mol. The maximum atomic E-state index is 12.7. The zero-order chi connectivity index (χ0) is 26.2. The molecule has 0 aliphatic rings. The summed E-state index contributed by atoms with van der Waals surface area (Å²) >= 11 is 18.3. The minimum absolute atomic E-state index is 0.0478. The van der Waals surface area contributed by atoms with Crippen LogP contribution in [0.25, 0.3) is 6.08 Å². The van der Waals surface area contributed by atoms with Crippen LogP contribution in [0.15, 0.2) is 60.2 Å².